The lowest BCUT2D eigenvalue weighted by molar-refractivity contribution is -0.384. The second-order valence-corrected chi connectivity index (χ2v) is 6.78. The molecule has 0 saturated carbocycles. The lowest BCUT2D eigenvalue weighted by atomic mass is 10.1. The number of amides is 2. The molecule has 0 aliphatic carbocycles. The van der Waals surface area contributed by atoms with Gasteiger partial charge in [0.15, 0.2) is 0 Å². The van der Waals surface area contributed by atoms with E-state index in [2.05, 4.69) is 10.6 Å². The predicted molar refractivity (Wildman–Crippen MR) is 108 cm³/mol. The number of nitro benzene ring substituents is 1. The molecule has 2 aromatic carbocycles. The quantitative estimate of drug-likeness (QED) is 0.589. The third-order valence-corrected chi connectivity index (χ3v) is 4.79. The summed E-state index contributed by atoms with van der Waals surface area (Å²) < 4.78 is 0. The zero-order chi connectivity index (χ0) is 20.3. The topological polar surface area (TPSA) is 105 Å². The molecule has 0 atom stereocenters. The van der Waals surface area contributed by atoms with Crippen LogP contribution in [0.3, 0.4) is 0 Å². The van der Waals surface area contributed by atoms with Crippen molar-refractivity contribution in [1.29, 1.82) is 0 Å². The van der Waals surface area contributed by atoms with Gasteiger partial charge < -0.3 is 15.5 Å². The smallest absolute Gasteiger partial charge is 0.293 e. The highest BCUT2D eigenvalue weighted by Crippen LogP contribution is 2.30. The van der Waals surface area contributed by atoms with Crippen molar-refractivity contribution in [3.8, 4) is 0 Å². The molecule has 0 bridgehead atoms. The number of benzene rings is 2. The van der Waals surface area contributed by atoms with E-state index in [-0.39, 0.29) is 23.8 Å². The van der Waals surface area contributed by atoms with E-state index in [0.29, 0.717) is 18.7 Å². The lowest BCUT2D eigenvalue weighted by Gasteiger charge is -2.20. The molecular weight excluding hydrogens is 360 g/mol. The number of nitrogens with one attached hydrogen (secondary N) is 2. The summed E-state index contributed by atoms with van der Waals surface area (Å²) in [6.45, 7) is 4.18. The number of nitro groups is 1. The van der Waals surface area contributed by atoms with E-state index in [9.17, 15) is 19.7 Å². The zero-order valence-electron chi connectivity index (χ0n) is 15.8. The Labute approximate surface area is 162 Å². The molecule has 2 amide bonds. The van der Waals surface area contributed by atoms with Crippen molar-refractivity contribution in [3.05, 3.63) is 57.6 Å². The number of carbonyl (C=O) groups is 2. The Morgan fingerprint density at radius 1 is 1.18 bits per heavy atom. The van der Waals surface area contributed by atoms with Gasteiger partial charge in [-0.05, 0) is 49.6 Å². The van der Waals surface area contributed by atoms with E-state index in [0.717, 1.165) is 23.2 Å². The van der Waals surface area contributed by atoms with Gasteiger partial charge in [-0.2, -0.15) is 0 Å². The molecule has 1 fully saturated rings. The highest BCUT2D eigenvalue weighted by Gasteiger charge is 2.24. The third-order valence-electron chi connectivity index (χ3n) is 4.79. The highest BCUT2D eigenvalue weighted by atomic mass is 16.6. The second kappa shape index (κ2) is 8.08. The van der Waals surface area contributed by atoms with Gasteiger partial charge in [-0.25, -0.2) is 0 Å². The van der Waals surface area contributed by atoms with Crippen LogP contribution in [0.2, 0.25) is 0 Å². The molecule has 8 heteroatoms. The maximum absolute atomic E-state index is 12.4. The van der Waals surface area contributed by atoms with E-state index in [1.165, 1.54) is 6.07 Å². The molecule has 0 radical (unpaired) electrons. The van der Waals surface area contributed by atoms with Crippen molar-refractivity contribution in [2.45, 2.75) is 26.7 Å². The van der Waals surface area contributed by atoms with Crippen molar-refractivity contribution in [3.63, 3.8) is 0 Å². The Balaban J connectivity index is 1.72. The molecular formula is C20H22N4O4. The molecule has 1 heterocycles. The van der Waals surface area contributed by atoms with Crippen LogP contribution in [0, 0.1) is 24.0 Å². The van der Waals surface area contributed by atoms with Gasteiger partial charge in [0.1, 0.15) is 5.69 Å². The van der Waals surface area contributed by atoms with Crippen LogP contribution in [0.1, 0.15) is 24.0 Å². The molecule has 0 unspecified atom stereocenters. The summed E-state index contributed by atoms with van der Waals surface area (Å²) in [4.78, 5) is 36.9. The fourth-order valence-electron chi connectivity index (χ4n) is 3.18. The first-order valence-electron chi connectivity index (χ1n) is 9.05. The molecule has 0 aromatic heterocycles. The SMILES string of the molecule is Cc1cc(NC(=O)CNc2ccccc2N2CCCC2=O)c([N+](=O)[O-])cc1C. The molecule has 1 aliphatic rings. The van der Waals surface area contributed by atoms with E-state index in [1.807, 2.05) is 25.1 Å². The number of rotatable bonds is 6. The van der Waals surface area contributed by atoms with Crippen LogP contribution in [0.5, 0.6) is 0 Å². The van der Waals surface area contributed by atoms with Crippen LogP contribution in [-0.2, 0) is 9.59 Å². The van der Waals surface area contributed by atoms with E-state index in [4.69, 9.17) is 0 Å². The molecule has 146 valence electrons. The summed E-state index contributed by atoms with van der Waals surface area (Å²) in [5.74, 6) is -0.349. The average molecular weight is 382 g/mol. The number of hydrogen-bond donors (Lipinski definition) is 2. The fraction of sp³-hybridized carbons (Fsp3) is 0.300. The molecule has 3 rings (SSSR count). The first kappa shape index (κ1) is 19.3. The number of anilines is 3. The van der Waals surface area contributed by atoms with Crippen LogP contribution in [-0.4, -0.2) is 29.8 Å². The van der Waals surface area contributed by atoms with Crippen molar-refractivity contribution in [2.75, 3.05) is 28.6 Å². The minimum absolute atomic E-state index is 0.0597. The predicted octanol–water partition coefficient (Wildman–Crippen LogP) is 3.39. The molecule has 0 spiro atoms. The summed E-state index contributed by atoms with van der Waals surface area (Å²) in [5.41, 5.74) is 3.07. The summed E-state index contributed by atoms with van der Waals surface area (Å²) in [6.07, 6.45) is 1.33. The van der Waals surface area contributed by atoms with Crippen LogP contribution in [0.25, 0.3) is 0 Å². The van der Waals surface area contributed by atoms with Gasteiger partial charge >= 0.3 is 0 Å². The Morgan fingerprint density at radius 3 is 2.57 bits per heavy atom. The van der Waals surface area contributed by atoms with Crippen molar-refractivity contribution < 1.29 is 14.5 Å². The second-order valence-electron chi connectivity index (χ2n) is 6.78. The van der Waals surface area contributed by atoms with E-state index in [1.54, 1.807) is 24.0 Å². The van der Waals surface area contributed by atoms with Crippen LogP contribution in [0.15, 0.2) is 36.4 Å². The number of aryl methyl sites for hydroxylation is 2. The standard InChI is InChI=1S/C20H22N4O4/c1-13-10-16(18(24(27)28)11-14(13)2)22-19(25)12-21-15-6-3-4-7-17(15)23-9-5-8-20(23)26/h3-4,6-7,10-11,21H,5,8-9,12H2,1-2H3,(H,22,25). The van der Waals surface area contributed by atoms with Gasteiger partial charge in [0, 0.05) is 19.0 Å². The Kier molecular flexibility index (Phi) is 5.58. The Morgan fingerprint density at radius 2 is 1.89 bits per heavy atom. The van der Waals surface area contributed by atoms with Crippen LogP contribution < -0.4 is 15.5 Å². The van der Waals surface area contributed by atoms with Gasteiger partial charge in [0.2, 0.25) is 11.8 Å². The van der Waals surface area contributed by atoms with Gasteiger partial charge in [0.25, 0.3) is 5.69 Å². The zero-order valence-corrected chi connectivity index (χ0v) is 15.8. The Bertz CT molecular complexity index is 942. The molecule has 8 nitrogen and oxygen atoms in total. The fourth-order valence-corrected chi connectivity index (χ4v) is 3.18. The lowest BCUT2D eigenvalue weighted by Crippen LogP contribution is -2.27. The first-order valence-corrected chi connectivity index (χ1v) is 9.05. The van der Waals surface area contributed by atoms with Crippen LogP contribution in [0.4, 0.5) is 22.7 Å². The highest BCUT2D eigenvalue weighted by molar-refractivity contribution is 6.00. The number of nitrogens with zero attached hydrogens (tertiary/aromatic N) is 2. The molecule has 2 aromatic rings. The largest absolute Gasteiger partial charge is 0.374 e. The monoisotopic (exact) mass is 382 g/mol. The minimum Gasteiger partial charge on any atom is -0.374 e. The molecule has 2 N–H and O–H groups in total. The number of hydrogen-bond acceptors (Lipinski definition) is 5. The van der Waals surface area contributed by atoms with E-state index < -0.39 is 10.8 Å². The summed E-state index contributed by atoms with van der Waals surface area (Å²) in [7, 11) is 0. The number of para-hydroxylation sites is 2. The van der Waals surface area contributed by atoms with Gasteiger partial charge in [-0.1, -0.05) is 12.1 Å². The van der Waals surface area contributed by atoms with E-state index >= 15 is 0 Å². The maximum atomic E-state index is 12.4. The third kappa shape index (κ3) is 4.11. The molecule has 28 heavy (non-hydrogen) atoms. The van der Waals surface area contributed by atoms with Crippen LogP contribution >= 0.6 is 0 Å². The van der Waals surface area contributed by atoms with Gasteiger partial charge in [-0.3, -0.25) is 19.7 Å². The molecule has 1 aliphatic heterocycles. The Hall–Kier alpha value is -3.42. The number of carbonyl (C=O) groups excluding carboxylic acids is 2. The van der Waals surface area contributed by atoms with Crippen molar-refractivity contribution in [2.24, 2.45) is 0 Å². The minimum atomic E-state index is -0.510. The van der Waals surface area contributed by atoms with Gasteiger partial charge in [0.05, 0.1) is 22.8 Å². The van der Waals surface area contributed by atoms with Crippen molar-refractivity contribution >= 4 is 34.6 Å². The first-order chi connectivity index (χ1) is 13.4. The van der Waals surface area contributed by atoms with Gasteiger partial charge in [-0.15, -0.1) is 0 Å². The maximum Gasteiger partial charge on any atom is 0.293 e. The molecule has 1 saturated heterocycles. The summed E-state index contributed by atoms with van der Waals surface area (Å²) >= 11 is 0. The van der Waals surface area contributed by atoms with Crippen molar-refractivity contribution in [1.82, 2.24) is 0 Å². The average Bonchev–Trinajstić information content (AvgIpc) is 3.08. The summed E-state index contributed by atoms with van der Waals surface area (Å²) in [6, 6.07) is 10.3. The summed E-state index contributed by atoms with van der Waals surface area (Å²) in [5, 5.41) is 16.9. The normalized spacial score (nSPS) is 13.5.